The van der Waals surface area contributed by atoms with E-state index in [1.807, 2.05) is 33.8 Å². The first kappa shape index (κ1) is 17.2. The van der Waals surface area contributed by atoms with Crippen molar-refractivity contribution in [3.05, 3.63) is 23.3 Å². The molecule has 0 aliphatic heterocycles. The van der Waals surface area contributed by atoms with Gasteiger partial charge in [-0.25, -0.2) is 0 Å². The van der Waals surface area contributed by atoms with Crippen molar-refractivity contribution in [2.24, 2.45) is 0 Å². The van der Waals surface area contributed by atoms with Gasteiger partial charge in [0.15, 0.2) is 0 Å². The Morgan fingerprint density at radius 1 is 0.900 bits per heavy atom. The Balaban J connectivity index is 3.42. The molecule has 0 unspecified atom stereocenters. The molecule has 0 bridgehead atoms. The molecule has 1 aromatic carbocycles. The number of methoxy groups -OCH3 is 1. The zero-order valence-electron chi connectivity index (χ0n) is 13.4. The van der Waals surface area contributed by atoms with E-state index in [9.17, 15) is 0 Å². The van der Waals surface area contributed by atoms with Gasteiger partial charge in [0.1, 0.15) is 5.75 Å². The maximum absolute atomic E-state index is 5.95. The minimum atomic E-state index is -2.92. The predicted octanol–water partition coefficient (Wildman–Crippen LogP) is 2.57. The van der Waals surface area contributed by atoms with Crippen LogP contribution in [0.3, 0.4) is 0 Å². The summed E-state index contributed by atoms with van der Waals surface area (Å²) in [5, 5.41) is 0.911. The van der Waals surface area contributed by atoms with Gasteiger partial charge in [-0.05, 0) is 45.7 Å². The summed E-state index contributed by atoms with van der Waals surface area (Å²) in [5.74, 6) is 0.812. The molecule has 0 amide bonds. The lowest BCUT2D eigenvalue weighted by Gasteiger charge is -2.30. The summed E-state index contributed by atoms with van der Waals surface area (Å²) < 4.78 is 23.4. The maximum Gasteiger partial charge on any atom is 0.541 e. The largest absolute Gasteiger partial charge is 0.541 e. The van der Waals surface area contributed by atoms with Gasteiger partial charge >= 0.3 is 8.80 Å². The van der Waals surface area contributed by atoms with Gasteiger partial charge in [-0.3, -0.25) is 0 Å². The molecule has 0 aromatic heterocycles. The first-order valence-electron chi connectivity index (χ1n) is 7.12. The average Bonchev–Trinajstić information content (AvgIpc) is 2.42. The minimum absolute atomic E-state index is 0.544. The second-order valence-corrected chi connectivity index (χ2v) is 6.96. The Morgan fingerprint density at radius 3 is 1.80 bits per heavy atom. The van der Waals surface area contributed by atoms with Crippen LogP contribution in [0.1, 0.15) is 31.9 Å². The summed E-state index contributed by atoms with van der Waals surface area (Å²) in [6.45, 7) is 11.6. The van der Waals surface area contributed by atoms with Crippen LogP contribution in [0.4, 0.5) is 0 Å². The van der Waals surface area contributed by atoms with Crippen LogP contribution in [0.15, 0.2) is 12.1 Å². The topological polar surface area (TPSA) is 36.9 Å². The molecule has 4 nitrogen and oxygen atoms in total. The number of ether oxygens (including phenoxy) is 1. The highest BCUT2D eigenvalue weighted by Gasteiger charge is 2.46. The van der Waals surface area contributed by atoms with Gasteiger partial charge in [-0.15, -0.1) is 0 Å². The highest BCUT2D eigenvalue weighted by atomic mass is 28.4. The summed E-state index contributed by atoms with van der Waals surface area (Å²) in [6, 6.07) is 4.07. The molecule has 0 N–H and O–H groups in total. The van der Waals surface area contributed by atoms with Crippen molar-refractivity contribution in [2.45, 2.75) is 34.6 Å². The quantitative estimate of drug-likeness (QED) is 0.691. The van der Waals surface area contributed by atoms with E-state index in [-0.39, 0.29) is 0 Å². The average molecular weight is 298 g/mol. The van der Waals surface area contributed by atoms with Crippen LogP contribution < -0.4 is 9.92 Å². The van der Waals surface area contributed by atoms with E-state index in [0.29, 0.717) is 19.8 Å². The van der Waals surface area contributed by atoms with E-state index < -0.39 is 8.80 Å². The Hall–Kier alpha value is -0.883. The molecular weight excluding hydrogens is 272 g/mol. The summed E-state index contributed by atoms with van der Waals surface area (Å²) in [5.41, 5.74) is 2.28. The van der Waals surface area contributed by atoms with Gasteiger partial charge < -0.3 is 18.0 Å². The molecule has 0 spiro atoms. The highest BCUT2D eigenvalue weighted by molar-refractivity contribution is 6.76. The first-order chi connectivity index (χ1) is 9.56. The van der Waals surface area contributed by atoms with E-state index in [0.717, 1.165) is 16.5 Å². The lowest BCUT2D eigenvalue weighted by Crippen LogP contribution is -2.57. The molecular formula is C15H26O4Si. The lowest BCUT2D eigenvalue weighted by atomic mass is 10.1. The van der Waals surface area contributed by atoms with E-state index in [1.54, 1.807) is 7.11 Å². The molecule has 0 atom stereocenters. The van der Waals surface area contributed by atoms with Crippen molar-refractivity contribution in [1.29, 1.82) is 0 Å². The molecule has 1 aromatic rings. The summed E-state index contributed by atoms with van der Waals surface area (Å²) in [6.07, 6.45) is 0. The molecule has 0 radical (unpaired) electrons. The molecule has 0 heterocycles. The molecule has 5 heteroatoms. The fourth-order valence-corrected chi connectivity index (χ4v) is 4.93. The molecule has 1 rings (SSSR count). The molecule has 0 saturated heterocycles. The second kappa shape index (κ2) is 7.78. The fraction of sp³-hybridized carbons (Fsp3) is 0.600. The predicted molar refractivity (Wildman–Crippen MR) is 82.7 cm³/mol. The van der Waals surface area contributed by atoms with Crippen LogP contribution in [0.25, 0.3) is 0 Å². The van der Waals surface area contributed by atoms with Crippen molar-refractivity contribution in [2.75, 3.05) is 26.9 Å². The Bertz CT molecular complexity index is 417. The maximum atomic E-state index is 5.95. The van der Waals surface area contributed by atoms with Crippen molar-refractivity contribution in [1.82, 2.24) is 0 Å². The number of hydrogen-bond acceptors (Lipinski definition) is 4. The monoisotopic (exact) mass is 298 g/mol. The summed E-state index contributed by atoms with van der Waals surface area (Å²) in [4.78, 5) is 0. The van der Waals surface area contributed by atoms with Crippen molar-refractivity contribution >= 4 is 14.0 Å². The molecule has 20 heavy (non-hydrogen) atoms. The third kappa shape index (κ3) is 3.41. The van der Waals surface area contributed by atoms with E-state index in [4.69, 9.17) is 18.0 Å². The molecule has 0 saturated carbocycles. The number of benzene rings is 1. The molecule has 0 aliphatic rings. The van der Waals surface area contributed by atoms with E-state index in [1.165, 1.54) is 5.56 Å². The van der Waals surface area contributed by atoms with Gasteiger partial charge in [-0.1, -0.05) is 12.1 Å². The van der Waals surface area contributed by atoms with Crippen LogP contribution in [0.5, 0.6) is 5.75 Å². The molecule has 114 valence electrons. The van der Waals surface area contributed by atoms with Crippen LogP contribution in [-0.4, -0.2) is 35.7 Å². The van der Waals surface area contributed by atoms with Crippen LogP contribution in [0.2, 0.25) is 0 Å². The van der Waals surface area contributed by atoms with E-state index in [2.05, 4.69) is 13.0 Å². The van der Waals surface area contributed by atoms with Gasteiger partial charge in [0.2, 0.25) is 0 Å². The number of aryl methyl sites for hydroxylation is 1. The Kier molecular flexibility index (Phi) is 6.68. The van der Waals surface area contributed by atoms with Gasteiger partial charge in [0.05, 0.1) is 12.3 Å². The molecule has 0 fully saturated rings. The SMILES string of the molecule is CCO[Si](OCC)(OCC)c1ccc(C)c(C)c1OC. The Labute approximate surface area is 123 Å². The van der Waals surface area contributed by atoms with Crippen LogP contribution in [-0.2, 0) is 13.3 Å². The zero-order chi connectivity index (χ0) is 15.2. The fourth-order valence-electron chi connectivity index (χ4n) is 2.22. The van der Waals surface area contributed by atoms with Crippen LogP contribution >= 0.6 is 0 Å². The normalized spacial score (nSPS) is 11.7. The first-order valence-corrected chi connectivity index (χ1v) is 8.85. The second-order valence-electron chi connectivity index (χ2n) is 4.44. The smallest absolute Gasteiger partial charge is 0.496 e. The van der Waals surface area contributed by atoms with Gasteiger partial charge in [-0.2, -0.15) is 0 Å². The lowest BCUT2D eigenvalue weighted by molar-refractivity contribution is 0.0853. The highest BCUT2D eigenvalue weighted by Crippen LogP contribution is 2.24. The number of rotatable bonds is 8. The van der Waals surface area contributed by atoms with Crippen molar-refractivity contribution < 1.29 is 18.0 Å². The third-order valence-corrected chi connectivity index (χ3v) is 6.27. The van der Waals surface area contributed by atoms with Crippen molar-refractivity contribution in [3.8, 4) is 5.75 Å². The van der Waals surface area contributed by atoms with Gasteiger partial charge in [0.25, 0.3) is 0 Å². The standard InChI is InChI=1S/C15H26O4Si/c1-7-17-20(18-8-2,19-9-3)14-11-10-12(4)13(5)15(14)16-6/h10-11H,7-9H2,1-6H3. The Morgan fingerprint density at radius 2 is 1.40 bits per heavy atom. The third-order valence-electron chi connectivity index (χ3n) is 3.21. The minimum Gasteiger partial charge on any atom is -0.496 e. The van der Waals surface area contributed by atoms with Crippen molar-refractivity contribution in [3.63, 3.8) is 0 Å². The van der Waals surface area contributed by atoms with E-state index >= 15 is 0 Å². The van der Waals surface area contributed by atoms with Crippen LogP contribution in [0, 0.1) is 13.8 Å². The van der Waals surface area contributed by atoms with Gasteiger partial charge in [0, 0.05) is 19.8 Å². The molecule has 0 aliphatic carbocycles. The number of hydrogen-bond donors (Lipinski definition) is 0. The summed E-state index contributed by atoms with van der Waals surface area (Å²) >= 11 is 0. The summed E-state index contributed by atoms with van der Waals surface area (Å²) in [7, 11) is -1.24. The zero-order valence-corrected chi connectivity index (χ0v) is 14.4.